The number of nitriles is 1. The molecule has 0 amide bonds. The van der Waals surface area contributed by atoms with Gasteiger partial charge in [-0.25, -0.2) is 9.95 Å². The Morgan fingerprint density at radius 3 is 3.09 bits per heavy atom. The number of hydrogen-bond acceptors (Lipinski definition) is 3. The van der Waals surface area contributed by atoms with E-state index in [-0.39, 0.29) is 5.92 Å². The van der Waals surface area contributed by atoms with Crippen molar-refractivity contribution < 1.29 is 4.52 Å². The molecule has 58 valence electrons. The van der Waals surface area contributed by atoms with Crippen LogP contribution in [-0.4, -0.2) is 5.16 Å². The molecule has 4 heteroatoms. The van der Waals surface area contributed by atoms with Crippen LogP contribution in [0.25, 0.3) is 0 Å². The molecule has 0 bridgehead atoms. The molecule has 0 unspecified atom stereocenters. The number of nitrogens with one attached hydrogen (secondary N) is 1. The van der Waals surface area contributed by atoms with Crippen LogP contribution in [0.15, 0.2) is 15.4 Å². The molecule has 1 rings (SSSR count). The third kappa shape index (κ3) is 1.71. The van der Waals surface area contributed by atoms with Gasteiger partial charge in [-0.15, -0.1) is 0 Å². The Labute approximate surface area is 63.4 Å². The van der Waals surface area contributed by atoms with Gasteiger partial charge in [0.15, 0.2) is 0 Å². The summed E-state index contributed by atoms with van der Waals surface area (Å²) in [5.74, 6) is 0.0337. The predicted octanol–water partition coefficient (Wildman–Crippen LogP) is 0.985. The van der Waals surface area contributed by atoms with Gasteiger partial charge in [0.25, 0.3) is 0 Å². The Hall–Kier alpha value is -1.50. The maximum Gasteiger partial charge on any atom is 0.357 e. The Morgan fingerprint density at radius 1 is 1.91 bits per heavy atom. The zero-order valence-electron chi connectivity index (χ0n) is 6.13. The normalized spacial score (nSPS) is 12.4. The molecule has 0 aromatic carbocycles. The minimum absolute atomic E-state index is 0.0337. The Kier molecular flexibility index (Phi) is 2.12. The van der Waals surface area contributed by atoms with E-state index in [0.717, 1.165) is 0 Å². The molecule has 0 aliphatic heterocycles. The second-order valence-corrected chi connectivity index (χ2v) is 2.39. The van der Waals surface area contributed by atoms with Crippen LogP contribution in [-0.2, 0) is 0 Å². The summed E-state index contributed by atoms with van der Waals surface area (Å²) < 4.78 is 4.44. The number of aromatic nitrogens is 1. The van der Waals surface area contributed by atoms with Gasteiger partial charge >= 0.3 is 5.63 Å². The van der Waals surface area contributed by atoms with Crippen molar-refractivity contribution in [1.82, 2.24) is 5.16 Å². The first-order valence-electron chi connectivity index (χ1n) is 3.29. The van der Waals surface area contributed by atoms with Crippen LogP contribution in [0.4, 0.5) is 0 Å². The molecule has 1 aromatic rings. The summed E-state index contributed by atoms with van der Waals surface area (Å²) in [7, 11) is 0. The molecule has 0 fully saturated rings. The van der Waals surface area contributed by atoms with Crippen LogP contribution in [0.1, 0.15) is 25.0 Å². The van der Waals surface area contributed by atoms with Crippen molar-refractivity contribution in [2.45, 2.75) is 19.3 Å². The third-order valence-electron chi connectivity index (χ3n) is 1.47. The van der Waals surface area contributed by atoms with E-state index >= 15 is 0 Å². The van der Waals surface area contributed by atoms with Crippen molar-refractivity contribution in [3.05, 3.63) is 22.2 Å². The summed E-state index contributed by atoms with van der Waals surface area (Å²) in [6.45, 7) is 1.85. The van der Waals surface area contributed by atoms with Crippen molar-refractivity contribution in [3.63, 3.8) is 0 Å². The van der Waals surface area contributed by atoms with Crippen molar-refractivity contribution in [2.75, 3.05) is 0 Å². The summed E-state index contributed by atoms with van der Waals surface area (Å²) in [6, 6.07) is 3.37. The zero-order chi connectivity index (χ0) is 8.27. The van der Waals surface area contributed by atoms with E-state index in [1.165, 1.54) is 6.07 Å². The molecule has 0 aliphatic rings. The van der Waals surface area contributed by atoms with Gasteiger partial charge in [0, 0.05) is 18.4 Å². The highest BCUT2D eigenvalue weighted by molar-refractivity contribution is 5.04. The van der Waals surface area contributed by atoms with Crippen LogP contribution in [0.2, 0.25) is 0 Å². The van der Waals surface area contributed by atoms with Gasteiger partial charge < -0.3 is 4.52 Å². The average Bonchev–Trinajstić information content (AvgIpc) is 2.36. The molecule has 0 saturated carbocycles. The number of aromatic amines is 1. The fourth-order valence-electron chi connectivity index (χ4n) is 0.785. The maximum atomic E-state index is 10.5. The quantitative estimate of drug-likeness (QED) is 0.686. The summed E-state index contributed by atoms with van der Waals surface area (Å²) in [5, 5.41) is 10.8. The first-order chi connectivity index (χ1) is 5.24. The molecule has 0 radical (unpaired) electrons. The smallest absolute Gasteiger partial charge is 0.339 e. The van der Waals surface area contributed by atoms with Crippen molar-refractivity contribution in [1.29, 1.82) is 5.26 Å². The Balaban J connectivity index is 2.78. The first kappa shape index (κ1) is 7.61. The second-order valence-electron chi connectivity index (χ2n) is 2.39. The van der Waals surface area contributed by atoms with E-state index in [2.05, 4.69) is 9.68 Å². The lowest BCUT2D eigenvalue weighted by Crippen LogP contribution is -1.92. The standard InChI is InChI=1S/C7H8N2O2/c1-5(2-3-8)6-4-7(10)11-9-6/h4-5,9H,2H2,1H3/t5-/m0/s1. The molecular weight excluding hydrogens is 144 g/mol. The molecule has 4 nitrogen and oxygen atoms in total. The van der Waals surface area contributed by atoms with Gasteiger partial charge in [-0.05, 0) is 0 Å². The van der Waals surface area contributed by atoms with E-state index in [0.29, 0.717) is 12.1 Å². The summed E-state index contributed by atoms with van der Waals surface area (Å²) in [4.78, 5) is 10.5. The zero-order valence-corrected chi connectivity index (χ0v) is 6.13. The SMILES string of the molecule is C[C@@H](CC#N)c1cc(=O)o[nH]1. The molecule has 1 N–H and O–H groups in total. The van der Waals surface area contributed by atoms with Crippen LogP contribution < -0.4 is 5.63 Å². The van der Waals surface area contributed by atoms with Crippen molar-refractivity contribution in [3.8, 4) is 6.07 Å². The maximum absolute atomic E-state index is 10.5. The summed E-state index contributed by atoms with van der Waals surface area (Å²) in [6.07, 6.45) is 0.384. The molecular formula is C7H8N2O2. The molecule has 0 spiro atoms. The fourth-order valence-corrected chi connectivity index (χ4v) is 0.785. The summed E-state index contributed by atoms with van der Waals surface area (Å²) in [5.41, 5.74) is 0.279. The number of rotatable bonds is 2. The number of H-pyrrole nitrogens is 1. The lowest BCUT2D eigenvalue weighted by atomic mass is 10.1. The van der Waals surface area contributed by atoms with Gasteiger partial charge in [0.1, 0.15) is 0 Å². The largest absolute Gasteiger partial charge is 0.357 e. The fraction of sp³-hybridized carbons (Fsp3) is 0.429. The topological polar surface area (TPSA) is 69.8 Å². The van der Waals surface area contributed by atoms with Gasteiger partial charge in [-0.3, -0.25) is 0 Å². The van der Waals surface area contributed by atoms with Gasteiger partial charge in [-0.2, -0.15) is 5.26 Å². The molecule has 0 saturated heterocycles. The van der Waals surface area contributed by atoms with Gasteiger partial charge in [0.2, 0.25) is 0 Å². The molecule has 0 aliphatic carbocycles. The third-order valence-corrected chi connectivity index (χ3v) is 1.47. The Bertz CT molecular complexity index is 318. The van der Waals surface area contributed by atoms with Crippen molar-refractivity contribution in [2.24, 2.45) is 0 Å². The van der Waals surface area contributed by atoms with Gasteiger partial charge in [-0.1, -0.05) is 6.92 Å². The lowest BCUT2D eigenvalue weighted by Gasteiger charge is -1.99. The molecule has 11 heavy (non-hydrogen) atoms. The van der Waals surface area contributed by atoms with Gasteiger partial charge in [0.05, 0.1) is 11.8 Å². The number of hydrogen-bond donors (Lipinski definition) is 1. The highest BCUT2D eigenvalue weighted by atomic mass is 16.5. The van der Waals surface area contributed by atoms with E-state index in [1.807, 2.05) is 13.0 Å². The van der Waals surface area contributed by atoms with E-state index in [1.54, 1.807) is 0 Å². The van der Waals surface area contributed by atoms with Crippen LogP contribution >= 0.6 is 0 Å². The van der Waals surface area contributed by atoms with Crippen LogP contribution in [0.3, 0.4) is 0 Å². The molecule has 1 heterocycles. The number of nitrogens with zero attached hydrogens (tertiary/aromatic N) is 1. The molecule has 1 atom stereocenters. The average molecular weight is 152 g/mol. The first-order valence-corrected chi connectivity index (χ1v) is 3.29. The second kappa shape index (κ2) is 3.06. The van der Waals surface area contributed by atoms with Crippen LogP contribution in [0, 0.1) is 11.3 Å². The monoisotopic (exact) mass is 152 g/mol. The Morgan fingerprint density at radius 2 is 2.64 bits per heavy atom. The van der Waals surface area contributed by atoms with Crippen LogP contribution in [0.5, 0.6) is 0 Å². The molecule has 1 aromatic heterocycles. The highest BCUT2D eigenvalue weighted by Crippen LogP contribution is 2.13. The van der Waals surface area contributed by atoms with E-state index < -0.39 is 5.63 Å². The minimum Gasteiger partial charge on any atom is -0.339 e. The lowest BCUT2D eigenvalue weighted by molar-refractivity contribution is 0.381. The summed E-state index contributed by atoms with van der Waals surface area (Å²) >= 11 is 0. The van der Waals surface area contributed by atoms with E-state index in [9.17, 15) is 4.79 Å². The van der Waals surface area contributed by atoms with E-state index in [4.69, 9.17) is 5.26 Å². The van der Waals surface area contributed by atoms with Crippen molar-refractivity contribution >= 4 is 0 Å². The minimum atomic E-state index is -0.398. The highest BCUT2D eigenvalue weighted by Gasteiger charge is 2.07. The predicted molar refractivity (Wildman–Crippen MR) is 38.0 cm³/mol.